The summed E-state index contributed by atoms with van der Waals surface area (Å²) >= 11 is 0. The molecule has 0 unspecified atom stereocenters. The highest BCUT2D eigenvalue weighted by molar-refractivity contribution is 6.24. The van der Waals surface area contributed by atoms with Crippen molar-refractivity contribution < 1.29 is 0 Å². The fraction of sp³-hybridized carbons (Fsp3) is 0.0370. The molecule has 0 aliphatic heterocycles. The summed E-state index contributed by atoms with van der Waals surface area (Å²) in [6, 6.07) is 73.6. The van der Waals surface area contributed by atoms with E-state index < -0.39 is 0 Å². The van der Waals surface area contributed by atoms with Crippen LogP contribution in [0, 0.1) is 13.8 Å². The summed E-state index contributed by atoms with van der Waals surface area (Å²) < 4.78 is 0. The van der Waals surface area contributed by atoms with E-state index in [4.69, 9.17) is 0 Å². The number of benzene rings is 10. The summed E-state index contributed by atoms with van der Waals surface area (Å²) in [6.07, 6.45) is 0. The molecule has 0 bridgehead atoms. The van der Waals surface area contributed by atoms with Gasteiger partial charge in [-0.05, 0) is 162 Å². The maximum absolute atomic E-state index is 2.43. The molecular weight excluding hydrogens is 663 g/mol. The van der Waals surface area contributed by atoms with Gasteiger partial charge in [0.05, 0.1) is 0 Å². The number of nitrogens with zero attached hydrogens (tertiary/aromatic N) is 1. The molecule has 0 aliphatic rings. The van der Waals surface area contributed by atoms with Crippen molar-refractivity contribution in [1.82, 2.24) is 0 Å². The third-order valence-corrected chi connectivity index (χ3v) is 11.1. The lowest BCUT2D eigenvalue weighted by atomic mass is 9.87. The molecule has 0 saturated carbocycles. The van der Waals surface area contributed by atoms with E-state index in [9.17, 15) is 0 Å². The fourth-order valence-corrected chi connectivity index (χ4v) is 8.45. The van der Waals surface area contributed by atoms with Crippen molar-refractivity contribution in [3.63, 3.8) is 0 Å². The van der Waals surface area contributed by atoms with Crippen molar-refractivity contribution in [3.8, 4) is 33.4 Å². The standard InChI is InChI=1S/C54H39N/c1-36-13-10-19-44(29-36)55(45-20-11-14-37(2)30-45)46-28-27-40-32-43(26-25-41(40)33-46)52-35-54-49-23-8-6-21-47(49)51(34-53(54)50-24-9-7-22-48(50)52)42-18-12-17-39(31-42)38-15-4-3-5-16-38/h3-35H,1-2H3. The quantitative estimate of drug-likeness (QED) is 0.156. The van der Waals surface area contributed by atoms with Gasteiger partial charge in [0.15, 0.2) is 0 Å². The number of rotatable bonds is 6. The van der Waals surface area contributed by atoms with Crippen molar-refractivity contribution in [3.05, 3.63) is 211 Å². The first-order valence-electron chi connectivity index (χ1n) is 19.1. The van der Waals surface area contributed by atoms with Crippen molar-refractivity contribution in [2.24, 2.45) is 0 Å². The van der Waals surface area contributed by atoms with Crippen LogP contribution in [-0.2, 0) is 0 Å². The van der Waals surface area contributed by atoms with Crippen molar-refractivity contribution >= 4 is 60.2 Å². The van der Waals surface area contributed by atoms with Crippen LogP contribution < -0.4 is 4.90 Å². The maximum Gasteiger partial charge on any atom is 0.0468 e. The molecule has 1 heteroatoms. The van der Waals surface area contributed by atoms with Gasteiger partial charge in [0.2, 0.25) is 0 Å². The van der Waals surface area contributed by atoms with Crippen LogP contribution in [0.5, 0.6) is 0 Å². The first-order valence-corrected chi connectivity index (χ1v) is 19.1. The van der Waals surface area contributed by atoms with E-state index >= 15 is 0 Å². The molecule has 10 aromatic rings. The van der Waals surface area contributed by atoms with E-state index in [2.05, 4.69) is 219 Å². The van der Waals surface area contributed by atoms with Crippen LogP contribution in [0.4, 0.5) is 17.1 Å². The van der Waals surface area contributed by atoms with E-state index in [-0.39, 0.29) is 0 Å². The number of fused-ring (bicyclic) bond motifs is 6. The molecule has 0 spiro atoms. The van der Waals surface area contributed by atoms with E-state index in [1.54, 1.807) is 0 Å². The molecule has 0 aliphatic carbocycles. The molecule has 10 rings (SSSR count). The second kappa shape index (κ2) is 13.5. The predicted molar refractivity (Wildman–Crippen MR) is 237 cm³/mol. The van der Waals surface area contributed by atoms with E-state index in [0.717, 1.165) is 17.1 Å². The Bertz CT molecular complexity index is 3020. The Morgan fingerprint density at radius 1 is 0.273 bits per heavy atom. The highest BCUT2D eigenvalue weighted by Crippen LogP contribution is 2.43. The topological polar surface area (TPSA) is 3.24 Å². The van der Waals surface area contributed by atoms with Gasteiger partial charge in [0, 0.05) is 17.1 Å². The SMILES string of the molecule is Cc1cccc(N(c2cccc(C)c2)c2ccc3cc(-c4cc5c6ccccc6c(-c6cccc(-c7ccccc7)c6)cc5c5ccccc45)ccc3c2)c1. The fourth-order valence-electron chi connectivity index (χ4n) is 8.45. The average Bonchev–Trinajstić information content (AvgIpc) is 3.23. The van der Waals surface area contributed by atoms with Gasteiger partial charge in [0.1, 0.15) is 0 Å². The lowest BCUT2D eigenvalue weighted by molar-refractivity contribution is 1.26. The van der Waals surface area contributed by atoms with Gasteiger partial charge in [-0.3, -0.25) is 0 Å². The second-order valence-electron chi connectivity index (χ2n) is 14.7. The minimum absolute atomic E-state index is 1.14. The van der Waals surface area contributed by atoms with Crippen LogP contribution in [0.15, 0.2) is 200 Å². The molecule has 0 aromatic heterocycles. The molecular formula is C54H39N. The summed E-state index contributed by atoms with van der Waals surface area (Å²) in [7, 11) is 0. The van der Waals surface area contributed by atoms with Crippen LogP contribution in [0.2, 0.25) is 0 Å². The van der Waals surface area contributed by atoms with Crippen LogP contribution in [0.25, 0.3) is 76.5 Å². The Morgan fingerprint density at radius 3 is 1.36 bits per heavy atom. The Hall–Kier alpha value is -6.96. The normalized spacial score (nSPS) is 11.5. The number of aryl methyl sites for hydroxylation is 2. The zero-order valence-corrected chi connectivity index (χ0v) is 31.0. The summed E-state index contributed by atoms with van der Waals surface area (Å²) in [6.45, 7) is 4.31. The first-order chi connectivity index (χ1) is 27.1. The van der Waals surface area contributed by atoms with Gasteiger partial charge in [0.25, 0.3) is 0 Å². The minimum atomic E-state index is 1.14. The van der Waals surface area contributed by atoms with Gasteiger partial charge in [-0.25, -0.2) is 0 Å². The molecule has 0 radical (unpaired) electrons. The largest absolute Gasteiger partial charge is 0.310 e. The predicted octanol–water partition coefficient (Wildman–Crippen LogP) is 15.4. The van der Waals surface area contributed by atoms with Gasteiger partial charge in [-0.15, -0.1) is 0 Å². The van der Waals surface area contributed by atoms with Gasteiger partial charge in [-0.2, -0.15) is 0 Å². The summed E-state index contributed by atoms with van der Waals surface area (Å²) in [5, 5.41) is 10.0. The Labute approximate surface area is 322 Å². The lowest BCUT2D eigenvalue weighted by Gasteiger charge is -2.26. The van der Waals surface area contributed by atoms with Gasteiger partial charge in [-0.1, -0.05) is 140 Å². The van der Waals surface area contributed by atoms with Crippen LogP contribution in [0.1, 0.15) is 11.1 Å². The Morgan fingerprint density at radius 2 is 0.745 bits per heavy atom. The molecule has 260 valence electrons. The van der Waals surface area contributed by atoms with Crippen LogP contribution >= 0.6 is 0 Å². The van der Waals surface area contributed by atoms with Gasteiger partial charge >= 0.3 is 0 Å². The third-order valence-electron chi connectivity index (χ3n) is 11.1. The highest BCUT2D eigenvalue weighted by Gasteiger charge is 2.17. The molecule has 1 nitrogen and oxygen atoms in total. The molecule has 0 fully saturated rings. The molecule has 0 atom stereocenters. The smallest absolute Gasteiger partial charge is 0.0468 e. The summed E-state index contributed by atoms with van der Waals surface area (Å²) in [5.74, 6) is 0. The minimum Gasteiger partial charge on any atom is -0.310 e. The molecule has 0 heterocycles. The van der Waals surface area contributed by atoms with E-state index in [1.165, 1.54) is 87.6 Å². The Kier molecular flexibility index (Phi) is 8.00. The first kappa shape index (κ1) is 32.7. The molecule has 55 heavy (non-hydrogen) atoms. The second-order valence-corrected chi connectivity index (χ2v) is 14.7. The van der Waals surface area contributed by atoms with Gasteiger partial charge < -0.3 is 4.90 Å². The molecule has 0 amide bonds. The number of hydrogen-bond acceptors (Lipinski definition) is 1. The van der Waals surface area contributed by atoms with E-state index in [0.29, 0.717) is 0 Å². The summed E-state index contributed by atoms with van der Waals surface area (Å²) in [5.41, 5.74) is 13.3. The monoisotopic (exact) mass is 701 g/mol. The van der Waals surface area contributed by atoms with E-state index in [1.807, 2.05) is 0 Å². The molecule has 0 saturated heterocycles. The molecule has 10 aromatic carbocycles. The third kappa shape index (κ3) is 5.91. The van der Waals surface area contributed by atoms with Crippen LogP contribution in [-0.4, -0.2) is 0 Å². The molecule has 0 N–H and O–H groups in total. The zero-order chi connectivity index (χ0) is 36.9. The number of anilines is 3. The maximum atomic E-state index is 2.43. The van der Waals surface area contributed by atoms with Crippen molar-refractivity contribution in [2.75, 3.05) is 4.90 Å². The highest BCUT2D eigenvalue weighted by atomic mass is 15.1. The zero-order valence-electron chi connectivity index (χ0n) is 31.0. The lowest BCUT2D eigenvalue weighted by Crippen LogP contribution is -2.10. The number of hydrogen-bond donors (Lipinski definition) is 0. The average molecular weight is 702 g/mol. The van der Waals surface area contributed by atoms with Crippen LogP contribution in [0.3, 0.4) is 0 Å². The van der Waals surface area contributed by atoms with Crippen molar-refractivity contribution in [2.45, 2.75) is 13.8 Å². The summed E-state index contributed by atoms with van der Waals surface area (Å²) in [4.78, 5) is 2.36. The Balaban J connectivity index is 1.12. The van der Waals surface area contributed by atoms with Crippen molar-refractivity contribution in [1.29, 1.82) is 0 Å².